The maximum absolute atomic E-state index is 12.6. The van der Waals surface area contributed by atoms with Crippen LogP contribution in [0.25, 0.3) is 0 Å². The van der Waals surface area contributed by atoms with Gasteiger partial charge in [0.2, 0.25) is 5.91 Å². The molecule has 2 amide bonds. The maximum Gasteiger partial charge on any atom is 0.277 e. The van der Waals surface area contributed by atoms with Crippen molar-refractivity contribution < 1.29 is 9.59 Å². The van der Waals surface area contributed by atoms with Crippen LogP contribution in [-0.4, -0.2) is 26.8 Å². The molecule has 3 N–H and O–H groups in total. The Balaban J connectivity index is 1.87. The minimum atomic E-state index is -0.556. The largest absolute Gasteiger partial charge is 0.314 e. The number of benzene rings is 1. The molecule has 0 aliphatic heterocycles. The van der Waals surface area contributed by atoms with Gasteiger partial charge in [-0.25, -0.2) is 4.98 Å². The van der Waals surface area contributed by atoms with E-state index in [0.717, 1.165) is 5.69 Å². The predicted octanol–water partition coefficient (Wildman–Crippen LogP) is 3.06. The smallest absolute Gasteiger partial charge is 0.277 e. The summed E-state index contributed by atoms with van der Waals surface area (Å²) in [4.78, 5) is 48.1. The fourth-order valence-corrected chi connectivity index (χ4v) is 3.12. The van der Waals surface area contributed by atoms with E-state index in [-0.39, 0.29) is 23.8 Å². The van der Waals surface area contributed by atoms with E-state index in [1.807, 2.05) is 18.2 Å². The maximum atomic E-state index is 12.6. The summed E-state index contributed by atoms with van der Waals surface area (Å²) in [5.74, 6) is -0.299. The normalized spacial score (nSPS) is 10.4. The van der Waals surface area contributed by atoms with E-state index in [4.69, 9.17) is 0 Å². The summed E-state index contributed by atoms with van der Waals surface area (Å²) in [7, 11) is 0. The number of hydrogen-bond donors (Lipinski definition) is 3. The Morgan fingerprint density at radius 2 is 1.83 bits per heavy atom. The number of nitrogens with one attached hydrogen (secondary N) is 3. The van der Waals surface area contributed by atoms with E-state index in [1.54, 1.807) is 43.5 Å². The van der Waals surface area contributed by atoms with Crippen molar-refractivity contribution in [3.63, 3.8) is 0 Å². The molecule has 0 aliphatic rings. The van der Waals surface area contributed by atoms with Gasteiger partial charge < -0.3 is 10.6 Å². The summed E-state index contributed by atoms with van der Waals surface area (Å²) in [5.41, 5.74) is 0.538. The van der Waals surface area contributed by atoms with Crippen LogP contribution in [0.2, 0.25) is 0 Å². The number of amides is 2. The zero-order chi connectivity index (χ0) is 20.6. The van der Waals surface area contributed by atoms with Crippen LogP contribution in [0.1, 0.15) is 29.4 Å². The van der Waals surface area contributed by atoms with Crippen LogP contribution in [0.5, 0.6) is 0 Å². The third-order valence-corrected chi connectivity index (χ3v) is 4.74. The molecule has 3 rings (SSSR count). The summed E-state index contributed by atoms with van der Waals surface area (Å²) in [5, 5.41) is 5.44. The highest BCUT2D eigenvalue weighted by atomic mass is 32.2. The fourth-order valence-electron chi connectivity index (χ4n) is 2.35. The zero-order valence-electron chi connectivity index (χ0n) is 15.6. The summed E-state index contributed by atoms with van der Waals surface area (Å²) in [6.45, 7) is 1.68. The van der Waals surface area contributed by atoms with Gasteiger partial charge in [0.15, 0.2) is 16.7 Å². The Bertz CT molecular complexity index is 1050. The topological polar surface area (TPSA) is 117 Å². The van der Waals surface area contributed by atoms with Crippen LogP contribution in [0.15, 0.2) is 64.7 Å². The number of aromatic nitrogens is 3. The Hall–Kier alpha value is -3.46. The lowest BCUT2D eigenvalue weighted by Gasteiger charge is -2.12. The number of thioether (sulfide) groups is 1. The number of rotatable bonds is 7. The van der Waals surface area contributed by atoms with Gasteiger partial charge in [0.25, 0.3) is 11.5 Å². The minimum absolute atomic E-state index is 0.00778. The molecule has 0 saturated heterocycles. The van der Waals surface area contributed by atoms with Crippen molar-refractivity contribution in [1.29, 1.82) is 0 Å². The van der Waals surface area contributed by atoms with Gasteiger partial charge in [0.1, 0.15) is 0 Å². The van der Waals surface area contributed by atoms with Crippen LogP contribution < -0.4 is 16.2 Å². The average molecular weight is 409 g/mol. The van der Waals surface area contributed by atoms with Crippen molar-refractivity contribution in [2.75, 3.05) is 10.6 Å². The lowest BCUT2D eigenvalue weighted by molar-refractivity contribution is -0.115. The molecule has 0 bridgehead atoms. The number of nitrogens with zero attached hydrogens (tertiary/aromatic N) is 2. The third-order valence-electron chi connectivity index (χ3n) is 3.83. The van der Waals surface area contributed by atoms with Gasteiger partial charge in [-0.1, -0.05) is 43.0 Å². The van der Waals surface area contributed by atoms with E-state index >= 15 is 0 Å². The monoisotopic (exact) mass is 409 g/mol. The molecule has 1 aromatic carbocycles. The Morgan fingerprint density at radius 1 is 1.07 bits per heavy atom. The van der Waals surface area contributed by atoms with Crippen LogP contribution >= 0.6 is 11.8 Å². The molecular formula is C20H19N5O3S. The van der Waals surface area contributed by atoms with Gasteiger partial charge in [-0.05, 0) is 24.3 Å². The highest BCUT2D eigenvalue weighted by Crippen LogP contribution is 2.22. The Morgan fingerprint density at radius 3 is 2.52 bits per heavy atom. The summed E-state index contributed by atoms with van der Waals surface area (Å²) >= 11 is 1.27. The number of pyridine rings is 1. The molecule has 8 nitrogen and oxygen atoms in total. The summed E-state index contributed by atoms with van der Waals surface area (Å²) in [6.07, 6.45) is 1.89. The van der Waals surface area contributed by atoms with Gasteiger partial charge in [0.05, 0.1) is 5.69 Å². The van der Waals surface area contributed by atoms with Crippen molar-refractivity contribution in [3.8, 4) is 0 Å². The molecule has 3 aromatic rings. The second-order valence-corrected chi connectivity index (χ2v) is 6.89. The molecule has 2 aromatic heterocycles. The molecule has 9 heteroatoms. The minimum Gasteiger partial charge on any atom is -0.314 e. The lowest BCUT2D eigenvalue weighted by Crippen LogP contribution is -2.25. The Kier molecular flexibility index (Phi) is 6.75. The van der Waals surface area contributed by atoms with Crippen LogP contribution in [0.3, 0.4) is 0 Å². The van der Waals surface area contributed by atoms with E-state index < -0.39 is 11.5 Å². The second kappa shape index (κ2) is 9.65. The van der Waals surface area contributed by atoms with Gasteiger partial charge in [0, 0.05) is 23.9 Å². The third kappa shape index (κ3) is 5.52. The quantitative estimate of drug-likeness (QED) is 0.408. The molecule has 0 spiro atoms. The average Bonchev–Trinajstić information content (AvgIpc) is 2.75. The first-order valence-corrected chi connectivity index (χ1v) is 9.88. The van der Waals surface area contributed by atoms with Gasteiger partial charge in [-0.15, -0.1) is 0 Å². The second-order valence-electron chi connectivity index (χ2n) is 5.93. The molecule has 0 radical (unpaired) electrons. The highest BCUT2D eigenvalue weighted by Gasteiger charge is 2.17. The first-order chi connectivity index (χ1) is 14.1. The number of hydrogen-bond acceptors (Lipinski definition) is 6. The van der Waals surface area contributed by atoms with Crippen LogP contribution in [-0.2, 0) is 10.5 Å². The van der Waals surface area contributed by atoms with Crippen LogP contribution in [0.4, 0.5) is 11.5 Å². The number of carbonyl (C=O) groups excluding carboxylic acids is 2. The Labute approximate surface area is 171 Å². The van der Waals surface area contributed by atoms with Crippen molar-refractivity contribution in [1.82, 2.24) is 15.0 Å². The zero-order valence-corrected chi connectivity index (χ0v) is 16.5. The van der Waals surface area contributed by atoms with Gasteiger partial charge in [-0.2, -0.15) is 0 Å². The summed E-state index contributed by atoms with van der Waals surface area (Å²) < 4.78 is 0. The van der Waals surface area contributed by atoms with Crippen molar-refractivity contribution >= 4 is 35.1 Å². The van der Waals surface area contributed by atoms with E-state index in [9.17, 15) is 14.4 Å². The predicted molar refractivity (Wildman–Crippen MR) is 112 cm³/mol. The molecule has 2 heterocycles. The fraction of sp³-hybridized carbons (Fsp3) is 0.150. The first-order valence-electron chi connectivity index (χ1n) is 8.90. The number of carbonyl (C=O) groups is 2. The molecule has 0 unspecified atom stereocenters. The van der Waals surface area contributed by atoms with Crippen LogP contribution in [0, 0.1) is 0 Å². The first kappa shape index (κ1) is 20.3. The number of H-pyrrole nitrogens is 1. The van der Waals surface area contributed by atoms with Crippen molar-refractivity contribution in [2.24, 2.45) is 0 Å². The molecule has 0 saturated carbocycles. The molecule has 0 aliphatic carbocycles. The lowest BCUT2D eigenvalue weighted by atomic mass is 10.2. The molecule has 148 valence electrons. The van der Waals surface area contributed by atoms with Crippen molar-refractivity contribution in [2.45, 2.75) is 24.3 Å². The number of anilines is 2. The van der Waals surface area contributed by atoms with E-state index in [0.29, 0.717) is 16.5 Å². The molecule has 0 atom stereocenters. The molecule has 29 heavy (non-hydrogen) atoms. The number of aromatic amines is 1. The van der Waals surface area contributed by atoms with E-state index in [2.05, 4.69) is 25.6 Å². The van der Waals surface area contributed by atoms with Gasteiger partial charge >= 0.3 is 0 Å². The van der Waals surface area contributed by atoms with Gasteiger partial charge in [-0.3, -0.25) is 24.4 Å². The van der Waals surface area contributed by atoms with E-state index in [1.165, 1.54) is 11.8 Å². The molecular weight excluding hydrogens is 390 g/mol. The molecule has 0 fully saturated rings. The SMILES string of the molecule is CCC(=O)Nc1nc(SCc2ccccn2)[nH]c(=O)c1NC(=O)c1ccccc1. The summed E-state index contributed by atoms with van der Waals surface area (Å²) in [6, 6.07) is 14.0. The highest BCUT2D eigenvalue weighted by molar-refractivity contribution is 7.98. The van der Waals surface area contributed by atoms with Crippen molar-refractivity contribution in [3.05, 3.63) is 76.3 Å². The standard InChI is InChI=1S/C20H19N5O3S/c1-2-15(26)22-17-16(23-18(27)13-8-4-3-5-9-13)19(28)25-20(24-17)29-12-14-10-6-7-11-21-14/h3-11H,2,12H2,1H3,(H,23,27)(H2,22,24,25,26,28).